The molecule has 0 fully saturated rings. The molecule has 52 heavy (non-hydrogen) atoms. The molecule has 0 radical (unpaired) electrons. The summed E-state index contributed by atoms with van der Waals surface area (Å²) < 4.78 is 22.0. The zero-order valence-electron chi connectivity index (χ0n) is 30.8. The number of Topliss-reactive ketones (excluding diaryl/α,β-unsaturated/α-hetero) is 2. The molecule has 1 aliphatic carbocycles. The van der Waals surface area contributed by atoms with Crippen molar-refractivity contribution >= 4 is 46.7 Å². The van der Waals surface area contributed by atoms with Crippen LogP contribution in [-0.4, -0.2) is 36.7 Å². The summed E-state index contributed by atoms with van der Waals surface area (Å²) >= 11 is 12.3. The summed E-state index contributed by atoms with van der Waals surface area (Å²) in [7, 11) is 0. The molecule has 0 spiro atoms. The molecule has 284 valence electrons. The molecule has 0 bridgehead atoms. The minimum atomic E-state index is -1.07. The van der Waals surface area contributed by atoms with E-state index in [0.29, 0.717) is 24.7 Å². The second-order valence-corrected chi connectivity index (χ2v) is 13.9. The summed E-state index contributed by atoms with van der Waals surface area (Å²) in [6.45, 7) is 5.57. The van der Waals surface area contributed by atoms with Crippen LogP contribution in [0, 0.1) is 0 Å². The minimum absolute atomic E-state index is 0.102. The number of allylic oxidation sites excluding steroid dienone is 2. The molecule has 0 aromatic heterocycles. The van der Waals surface area contributed by atoms with Gasteiger partial charge in [-0.05, 0) is 61.4 Å². The van der Waals surface area contributed by atoms with E-state index in [-0.39, 0.29) is 11.1 Å². The van der Waals surface area contributed by atoms with Gasteiger partial charge in [-0.2, -0.15) is 0 Å². The lowest BCUT2D eigenvalue weighted by Gasteiger charge is -2.17. The van der Waals surface area contributed by atoms with Gasteiger partial charge >= 0.3 is 11.9 Å². The van der Waals surface area contributed by atoms with Crippen LogP contribution in [0.3, 0.4) is 0 Å². The molecule has 10 heteroatoms. The van der Waals surface area contributed by atoms with Gasteiger partial charge in [0.2, 0.25) is 23.1 Å². The molecule has 2 aromatic rings. The Morgan fingerprint density at radius 3 is 1.06 bits per heavy atom. The van der Waals surface area contributed by atoms with Crippen molar-refractivity contribution in [3.05, 3.63) is 81.2 Å². The molecule has 0 atom stereocenters. The van der Waals surface area contributed by atoms with Crippen molar-refractivity contribution in [2.75, 3.05) is 13.2 Å². The van der Waals surface area contributed by atoms with Crippen LogP contribution < -0.4 is 9.47 Å². The lowest BCUT2D eigenvalue weighted by Crippen LogP contribution is -2.26. The van der Waals surface area contributed by atoms with Crippen LogP contribution in [0.15, 0.2) is 70.1 Å². The van der Waals surface area contributed by atoms with Crippen LogP contribution in [0.25, 0.3) is 0 Å². The SMILES string of the molecule is CCCCCCCCCCCOc1ccc(C(=O)OC2=C(Cl)C(=O)C(OC(=O)c3ccc(OCCCCCCCCCCC)cc3)=C(Cl)C2=O)cc1. The quantitative estimate of drug-likeness (QED) is 0.0530. The van der Waals surface area contributed by atoms with Crippen LogP contribution in [0.2, 0.25) is 0 Å². The van der Waals surface area contributed by atoms with E-state index in [4.69, 9.17) is 42.1 Å². The van der Waals surface area contributed by atoms with Crippen molar-refractivity contribution in [3.8, 4) is 11.5 Å². The zero-order valence-corrected chi connectivity index (χ0v) is 32.3. The highest BCUT2D eigenvalue weighted by Crippen LogP contribution is 2.32. The summed E-state index contributed by atoms with van der Waals surface area (Å²) in [4.78, 5) is 51.7. The van der Waals surface area contributed by atoms with E-state index in [0.717, 1.165) is 25.7 Å². The van der Waals surface area contributed by atoms with Gasteiger partial charge in [-0.1, -0.05) is 140 Å². The van der Waals surface area contributed by atoms with Crippen molar-refractivity contribution in [2.24, 2.45) is 0 Å². The third-order valence-electron chi connectivity index (χ3n) is 8.81. The fraction of sp³-hybridized carbons (Fsp3) is 0.524. The molecule has 0 heterocycles. The standard InChI is InChI=1S/C42H54Cl2O8/c1-3-5-7-9-11-13-15-17-19-29-49-33-25-21-31(22-26-33)41(47)51-39-35(43)38(46)40(36(44)37(39)45)52-42(48)32-23-27-34(28-24-32)50-30-20-18-16-14-12-10-8-6-4-2/h21-28H,3-20,29-30H2,1-2H3. The second kappa shape index (κ2) is 24.6. The summed E-state index contributed by atoms with van der Waals surface area (Å²) in [6, 6.07) is 12.4. The first-order valence-corrected chi connectivity index (χ1v) is 19.8. The molecule has 0 unspecified atom stereocenters. The third-order valence-corrected chi connectivity index (χ3v) is 9.50. The summed E-state index contributed by atoms with van der Waals surface area (Å²) in [5.74, 6) is -4.31. The Morgan fingerprint density at radius 2 is 0.750 bits per heavy atom. The number of esters is 2. The second-order valence-electron chi connectivity index (χ2n) is 13.1. The normalized spacial score (nSPS) is 13.1. The Kier molecular flexibility index (Phi) is 20.2. The number of carbonyl (C=O) groups excluding carboxylic acids is 4. The van der Waals surface area contributed by atoms with Crippen molar-refractivity contribution in [3.63, 3.8) is 0 Å². The Morgan fingerprint density at radius 1 is 0.462 bits per heavy atom. The van der Waals surface area contributed by atoms with Gasteiger partial charge in [0.05, 0.1) is 24.3 Å². The largest absolute Gasteiger partial charge is 0.494 e. The van der Waals surface area contributed by atoms with Gasteiger partial charge in [0, 0.05) is 0 Å². The highest BCUT2D eigenvalue weighted by molar-refractivity contribution is 6.55. The lowest BCUT2D eigenvalue weighted by molar-refractivity contribution is -0.119. The maximum absolute atomic E-state index is 13.0. The predicted octanol–water partition coefficient (Wildman–Crippen LogP) is 11.6. The van der Waals surface area contributed by atoms with E-state index in [1.54, 1.807) is 24.3 Å². The molecule has 0 saturated heterocycles. The first-order chi connectivity index (χ1) is 25.3. The Balaban J connectivity index is 1.42. The number of halogens is 2. The van der Waals surface area contributed by atoms with Crippen LogP contribution >= 0.6 is 23.2 Å². The summed E-state index contributed by atoms with van der Waals surface area (Å²) in [5, 5.41) is -1.46. The van der Waals surface area contributed by atoms with Crippen molar-refractivity contribution in [1.82, 2.24) is 0 Å². The molecule has 8 nitrogen and oxygen atoms in total. The van der Waals surface area contributed by atoms with Crippen molar-refractivity contribution in [2.45, 2.75) is 129 Å². The lowest BCUT2D eigenvalue weighted by atomic mass is 10.1. The van der Waals surface area contributed by atoms with Gasteiger partial charge in [-0.15, -0.1) is 0 Å². The first-order valence-electron chi connectivity index (χ1n) is 19.1. The molecule has 0 N–H and O–H groups in total. The number of unbranched alkanes of at least 4 members (excludes halogenated alkanes) is 16. The highest BCUT2D eigenvalue weighted by atomic mass is 35.5. The fourth-order valence-corrected chi connectivity index (χ4v) is 6.09. The van der Waals surface area contributed by atoms with Gasteiger partial charge in [-0.25, -0.2) is 9.59 Å². The molecular weight excluding hydrogens is 703 g/mol. The van der Waals surface area contributed by atoms with Crippen LogP contribution in [0.4, 0.5) is 0 Å². The summed E-state index contributed by atoms with van der Waals surface area (Å²) in [5.41, 5.74) is 0.205. The van der Waals surface area contributed by atoms with E-state index in [1.807, 2.05) is 0 Å². The zero-order chi connectivity index (χ0) is 37.6. The van der Waals surface area contributed by atoms with E-state index >= 15 is 0 Å². The van der Waals surface area contributed by atoms with Crippen LogP contribution in [-0.2, 0) is 19.1 Å². The number of hydrogen-bond acceptors (Lipinski definition) is 8. The van der Waals surface area contributed by atoms with E-state index in [9.17, 15) is 19.2 Å². The Bertz CT molecular complexity index is 1380. The average molecular weight is 758 g/mol. The number of benzene rings is 2. The van der Waals surface area contributed by atoms with E-state index in [1.165, 1.54) is 114 Å². The van der Waals surface area contributed by atoms with E-state index in [2.05, 4.69) is 13.8 Å². The number of ether oxygens (including phenoxy) is 4. The number of rotatable bonds is 26. The fourth-order valence-electron chi connectivity index (χ4n) is 5.67. The number of carbonyl (C=O) groups is 4. The van der Waals surface area contributed by atoms with Gasteiger partial charge in [0.15, 0.2) is 0 Å². The third kappa shape index (κ3) is 14.8. The molecule has 1 aliphatic rings. The molecule has 3 rings (SSSR count). The maximum Gasteiger partial charge on any atom is 0.343 e. The predicted molar refractivity (Wildman–Crippen MR) is 205 cm³/mol. The average Bonchev–Trinajstić information content (AvgIpc) is 3.16. The molecule has 0 saturated carbocycles. The topological polar surface area (TPSA) is 105 Å². The number of ketones is 2. The van der Waals surface area contributed by atoms with Crippen LogP contribution in [0.5, 0.6) is 11.5 Å². The van der Waals surface area contributed by atoms with E-state index < -0.39 is 45.1 Å². The van der Waals surface area contributed by atoms with Crippen LogP contribution in [0.1, 0.15) is 150 Å². The maximum atomic E-state index is 13.0. The monoisotopic (exact) mass is 756 g/mol. The smallest absolute Gasteiger partial charge is 0.343 e. The van der Waals surface area contributed by atoms with Crippen molar-refractivity contribution < 1.29 is 38.1 Å². The van der Waals surface area contributed by atoms with Gasteiger partial charge < -0.3 is 18.9 Å². The Labute approximate surface area is 319 Å². The van der Waals surface area contributed by atoms with Gasteiger partial charge in [0.25, 0.3) is 0 Å². The number of hydrogen-bond donors (Lipinski definition) is 0. The summed E-state index contributed by atoms with van der Waals surface area (Å²) in [6.07, 6.45) is 21.9. The first kappa shape index (κ1) is 42.8. The molecule has 2 aromatic carbocycles. The van der Waals surface area contributed by atoms with Gasteiger partial charge in [0.1, 0.15) is 21.6 Å². The molecular formula is C42H54Cl2O8. The highest BCUT2D eigenvalue weighted by Gasteiger charge is 2.38. The van der Waals surface area contributed by atoms with Crippen molar-refractivity contribution in [1.29, 1.82) is 0 Å². The molecule has 0 amide bonds. The Hall–Kier alpha value is -3.62. The molecule has 0 aliphatic heterocycles. The minimum Gasteiger partial charge on any atom is -0.494 e. The van der Waals surface area contributed by atoms with Gasteiger partial charge in [-0.3, -0.25) is 9.59 Å².